The lowest BCUT2D eigenvalue weighted by Crippen LogP contribution is -2.53. The van der Waals surface area contributed by atoms with E-state index in [1.165, 1.54) is 4.90 Å². The number of amides is 5. The molecule has 0 saturated carbocycles. The monoisotopic (exact) mass is 428 g/mol. The predicted molar refractivity (Wildman–Crippen MR) is 102 cm³/mol. The second-order valence-electron chi connectivity index (χ2n) is 6.98. The summed E-state index contributed by atoms with van der Waals surface area (Å²) in [6.45, 7) is -0.207. The van der Waals surface area contributed by atoms with Crippen LogP contribution in [0.5, 0.6) is 0 Å². The smallest absolute Gasteiger partial charge is 0.326 e. The van der Waals surface area contributed by atoms with Crippen LogP contribution in [0.15, 0.2) is 0 Å². The number of hydrogen-bond donors (Lipinski definition) is 6. The van der Waals surface area contributed by atoms with Crippen molar-refractivity contribution in [3.8, 4) is 0 Å². The number of aliphatic carboxylic acids is 1. The topological polar surface area (TPSA) is 228 Å². The van der Waals surface area contributed by atoms with Crippen molar-refractivity contribution in [2.45, 2.75) is 56.7 Å². The largest absolute Gasteiger partial charge is 0.480 e. The Morgan fingerprint density at radius 3 is 2.17 bits per heavy atom. The van der Waals surface area contributed by atoms with Crippen molar-refractivity contribution in [2.75, 3.05) is 13.1 Å². The number of rotatable bonds is 12. The molecule has 3 unspecified atom stereocenters. The zero-order valence-electron chi connectivity index (χ0n) is 16.5. The van der Waals surface area contributed by atoms with Gasteiger partial charge in [0, 0.05) is 19.4 Å². The summed E-state index contributed by atoms with van der Waals surface area (Å²) in [6.07, 6.45) is 0.366. The number of carbonyl (C=O) groups is 6. The van der Waals surface area contributed by atoms with Gasteiger partial charge in [0.15, 0.2) is 0 Å². The number of carboxylic acid groups (broad SMARTS) is 1. The molecule has 1 saturated heterocycles. The highest BCUT2D eigenvalue weighted by Gasteiger charge is 2.34. The van der Waals surface area contributed by atoms with E-state index in [4.69, 9.17) is 22.3 Å². The molecule has 0 aromatic rings. The summed E-state index contributed by atoms with van der Waals surface area (Å²) in [4.78, 5) is 71.0. The summed E-state index contributed by atoms with van der Waals surface area (Å²) in [6, 6.07) is -3.25. The zero-order chi connectivity index (χ0) is 22.8. The fourth-order valence-corrected chi connectivity index (χ4v) is 2.97. The van der Waals surface area contributed by atoms with Crippen LogP contribution in [0, 0.1) is 0 Å². The number of primary amides is 2. The van der Waals surface area contributed by atoms with Crippen molar-refractivity contribution < 1.29 is 33.9 Å². The van der Waals surface area contributed by atoms with E-state index in [9.17, 15) is 28.8 Å². The van der Waals surface area contributed by atoms with Crippen LogP contribution >= 0.6 is 0 Å². The molecule has 1 rings (SSSR count). The van der Waals surface area contributed by atoms with Crippen molar-refractivity contribution in [1.29, 1.82) is 0 Å². The summed E-state index contributed by atoms with van der Waals surface area (Å²) in [5.41, 5.74) is 15.7. The minimum Gasteiger partial charge on any atom is -0.480 e. The van der Waals surface area contributed by atoms with Crippen LogP contribution < -0.4 is 27.8 Å². The molecular formula is C17H28N6O7. The van der Waals surface area contributed by atoms with Gasteiger partial charge in [0.2, 0.25) is 29.5 Å². The first kappa shape index (κ1) is 24.8. The minimum absolute atomic E-state index is 0.0324. The molecule has 3 atom stereocenters. The van der Waals surface area contributed by atoms with Crippen LogP contribution in [0.1, 0.15) is 38.5 Å². The third-order valence-electron chi connectivity index (χ3n) is 4.62. The number of nitrogens with one attached hydrogen (secondary N) is 2. The average molecular weight is 428 g/mol. The molecule has 5 amide bonds. The molecule has 0 radical (unpaired) electrons. The summed E-state index contributed by atoms with van der Waals surface area (Å²) < 4.78 is 0. The third-order valence-corrected chi connectivity index (χ3v) is 4.62. The van der Waals surface area contributed by atoms with Crippen LogP contribution in [0.25, 0.3) is 0 Å². The first-order chi connectivity index (χ1) is 14.0. The molecule has 1 aliphatic rings. The van der Waals surface area contributed by atoms with E-state index in [-0.39, 0.29) is 32.2 Å². The van der Waals surface area contributed by atoms with Gasteiger partial charge in [-0.25, -0.2) is 4.79 Å². The van der Waals surface area contributed by atoms with Gasteiger partial charge >= 0.3 is 5.97 Å². The van der Waals surface area contributed by atoms with E-state index in [0.717, 1.165) is 0 Å². The normalized spacial score (nSPS) is 17.6. The summed E-state index contributed by atoms with van der Waals surface area (Å²) in [5.74, 6) is -4.53. The molecule has 0 bridgehead atoms. The van der Waals surface area contributed by atoms with Crippen molar-refractivity contribution in [3.05, 3.63) is 0 Å². The Balaban J connectivity index is 2.67. The molecule has 13 heteroatoms. The van der Waals surface area contributed by atoms with Gasteiger partial charge < -0.3 is 37.8 Å². The fraction of sp³-hybridized carbons (Fsp3) is 0.647. The highest BCUT2D eigenvalue weighted by Crippen LogP contribution is 2.17. The van der Waals surface area contributed by atoms with Crippen LogP contribution in [-0.4, -0.2) is 76.7 Å². The lowest BCUT2D eigenvalue weighted by Gasteiger charge is -2.23. The number of carbonyl (C=O) groups excluding carboxylic acids is 5. The van der Waals surface area contributed by atoms with Crippen LogP contribution in [0.4, 0.5) is 0 Å². The van der Waals surface area contributed by atoms with Gasteiger partial charge in [0.25, 0.3) is 0 Å². The van der Waals surface area contributed by atoms with E-state index in [2.05, 4.69) is 10.6 Å². The van der Waals surface area contributed by atoms with E-state index < -0.39 is 60.2 Å². The SMILES string of the molecule is NC(=O)CCC(N)C(=O)NC(CCC(N)=O)C(=O)NCC(=O)N1CCCC1C(=O)O. The summed E-state index contributed by atoms with van der Waals surface area (Å²) in [7, 11) is 0. The standard InChI is InChI=1S/C17H28N6O7/c18-9(3-5-12(19)24)15(27)22-10(4-6-13(20)25)16(28)21-8-14(26)23-7-1-2-11(23)17(29)30/h9-11H,1-8,18H2,(H2,19,24)(H2,20,25)(H,21,28)(H,22,27)(H,29,30). The fourth-order valence-electron chi connectivity index (χ4n) is 2.97. The second-order valence-corrected chi connectivity index (χ2v) is 6.98. The summed E-state index contributed by atoms with van der Waals surface area (Å²) >= 11 is 0. The lowest BCUT2D eigenvalue weighted by molar-refractivity contribution is -0.148. The van der Waals surface area contributed by atoms with Gasteiger partial charge in [0.05, 0.1) is 12.6 Å². The Kier molecular flexibility index (Phi) is 9.68. The van der Waals surface area contributed by atoms with Gasteiger partial charge in [-0.3, -0.25) is 24.0 Å². The third kappa shape index (κ3) is 8.03. The Bertz CT molecular complexity index is 698. The molecule has 0 aliphatic carbocycles. The molecule has 0 aromatic heterocycles. The number of nitrogens with zero attached hydrogens (tertiary/aromatic N) is 1. The van der Waals surface area contributed by atoms with Crippen LogP contribution in [0.3, 0.4) is 0 Å². The molecule has 30 heavy (non-hydrogen) atoms. The maximum atomic E-state index is 12.4. The van der Waals surface area contributed by atoms with E-state index in [1.807, 2.05) is 0 Å². The quantitative estimate of drug-likeness (QED) is 0.182. The molecule has 13 nitrogen and oxygen atoms in total. The number of carboxylic acids is 1. The second kappa shape index (κ2) is 11.7. The molecule has 0 spiro atoms. The Morgan fingerprint density at radius 2 is 1.60 bits per heavy atom. The maximum absolute atomic E-state index is 12.4. The minimum atomic E-state index is -1.20. The van der Waals surface area contributed by atoms with Crippen molar-refractivity contribution in [3.63, 3.8) is 0 Å². The first-order valence-corrected chi connectivity index (χ1v) is 9.45. The van der Waals surface area contributed by atoms with Crippen LogP contribution in [0.2, 0.25) is 0 Å². The Labute approximate surface area is 172 Å². The van der Waals surface area contributed by atoms with Crippen molar-refractivity contribution in [2.24, 2.45) is 17.2 Å². The molecule has 1 heterocycles. The summed E-state index contributed by atoms with van der Waals surface area (Å²) in [5, 5.41) is 13.8. The molecule has 0 aromatic carbocycles. The van der Waals surface area contributed by atoms with E-state index in [0.29, 0.717) is 12.8 Å². The van der Waals surface area contributed by atoms with Crippen molar-refractivity contribution in [1.82, 2.24) is 15.5 Å². The van der Waals surface area contributed by atoms with Crippen LogP contribution in [-0.2, 0) is 28.8 Å². The van der Waals surface area contributed by atoms with Gasteiger partial charge in [0.1, 0.15) is 12.1 Å². The molecule has 1 aliphatic heterocycles. The highest BCUT2D eigenvalue weighted by atomic mass is 16.4. The van der Waals surface area contributed by atoms with E-state index >= 15 is 0 Å². The molecule has 168 valence electrons. The lowest BCUT2D eigenvalue weighted by atomic mass is 10.1. The van der Waals surface area contributed by atoms with Gasteiger partial charge in [-0.2, -0.15) is 0 Å². The first-order valence-electron chi connectivity index (χ1n) is 9.45. The van der Waals surface area contributed by atoms with Gasteiger partial charge in [-0.1, -0.05) is 0 Å². The van der Waals surface area contributed by atoms with Crippen molar-refractivity contribution >= 4 is 35.5 Å². The Morgan fingerprint density at radius 1 is 1.00 bits per heavy atom. The van der Waals surface area contributed by atoms with Gasteiger partial charge in [-0.05, 0) is 25.7 Å². The Hall–Kier alpha value is -3.22. The van der Waals surface area contributed by atoms with Gasteiger partial charge in [-0.15, -0.1) is 0 Å². The number of likely N-dealkylation sites (tertiary alicyclic amines) is 1. The number of nitrogens with two attached hydrogens (primary N) is 3. The van der Waals surface area contributed by atoms with E-state index in [1.54, 1.807) is 0 Å². The predicted octanol–water partition coefficient (Wildman–Crippen LogP) is -3.48. The number of hydrogen-bond acceptors (Lipinski definition) is 7. The molecular weight excluding hydrogens is 400 g/mol. The molecule has 9 N–H and O–H groups in total. The average Bonchev–Trinajstić information content (AvgIpc) is 3.16. The highest BCUT2D eigenvalue weighted by molar-refractivity contribution is 5.93. The zero-order valence-corrected chi connectivity index (χ0v) is 16.5. The molecule has 1 fully saturated rings. The maximum Gasteiger partial charge on any atom is 0.326 e.